The summed E-state index contributed by atoms with van der Waals surface area (Å²) < 4.78 is 15.5. The van der Waals surface area contributed by atoms with E-state index in [1.165, 1.54) is 35.4 Å². The van der Waals surface area contributed by atoms with Crippen LogP contribution in [0.3, 0.4) is 0 Å². The number of rotatable bonds is 2. The van der Waals surface area contributed by atoms with Crippen molar-refractivity contribution >= 4 is 0 Å². The molecule has 0 saturated carbocycles. The molecule has 2 aromatic carbocycles. The van der Waals surface area contributed by atoms with E-state index < -0.39 is 0 Å². The van der Waals surface area contributed by atoms with Crippen molar-refractivity contribution in [2.24, 2.45) is 0 Å². The Morgan fingerprint density at radius 2 is 1.86 bits per heavy atom. The molecule has 1 aliphatic rings. The molecule has 2 nitrogen and oxygen atoms in total. The highest BCUT2D eigenvalue weighted by Gasteiger charge is 2.23. The first-order chi connectivity index (χ1) is 10.8. The van der Waals surface area contributed by atoms with E-state index in [9.17, 15) is 4.39 Å². The number of fused-ring (bicyclic) bond motifs is 1. The number of aryl methyl sites for hydroxylation is 1. The molecular weight excluding hydrogens is 275 g/mol. The third-order valence-corrected chi connectivity index (χ3v) is 4.47. The number of hydrogen-bond donors (Lipinski definition) is 0. The van der Waals surface area contributed by atoms with Gasteiger partial charge in [0, 0.05) is 11.9 Å². The number of halogens is 1. The second-order valence-corrected chi connectivity index (χ2v) is 5.79. The van der Waals surface area contributed by atoms with Crippen molar-refractivity contribution in [2.45, 2.75) is 25.3 Å². The second kappa shape index (κ2) is 5.41. The molecule has 0 aliphatic carbocycles. The number of nitrogens with zero attached hydrogens (tertiary/aromatic N) is 2. The van der Waals surface area contributed by atoms with Crippen molar-refractivity contribution in [3.05, 3.63) is 78.1 Å². The molecule has 0 bridgehead atoms. The van der Waals surface area contributed by atoms with Crippen LogP contribution >= 0.6 is 0 Å². The van der Waals surface area contributed by atoms with Crippen molar-refractivity contribution in [1.29, 1.82) is 0 Å². The summed E-state index contributed by atoms with van der Waals surface area (Å²) in [5.74, 6) is -0.198. The van der Waals surface area contributed by atoms with Crippen LogP contribution in [-0.4, -0.2) is 9.55 Å². The number of aromatic nitrogens is 2. The van der Waals surface area contributed by atoms with Crippen LogP contribution in [0.15, 0.2) is 61.1 Å². The van der Waals surface area contributed by atoms with E-state index in [0.717, 1.165) is 18.4 Å². The van der Waals surface area contributed by atoms with Gasteiger partial charge in [-0.15, -0.1) is 0 Å². The molecule has 3 aromatic rings. The van der Waals surface area contributed by atoms with Crippen LogP contribution in [0.4, 0.5) is 4.39 Å². The third kappa shape index (κ3) is 2.23. The molecule has 1 aromatic heterocycles. The summed E-state index contributed by atoms with van der Waals surface area (Å²) in [7, 11) is 0. The number of hydrogen-bond acceptors (Lipinski definition) is 1. The predicted molar refractivity (Wildman–Crippen MR) is 85.1 cm³/mol. The summed E-state index contributed by atoms with van der Waals surface area (Å²) in [6, 6.07) is 15.5. The van der Waals surface area contributed by atoms with Crippen molar-refractivity contribution in [2.75, 3.05) is 0 Å². The van der Waals surface area contributed by atoms with E-state index in [4.69, 9.17) is 0 Å². The molecule has 4 rings (SSSR count). The summed E-state index contributed by atoms with van der Waals surface area (Å²) in [4.78, 5) is 4.31. The molecule has 1 unspecified atom stereocenters. The molecule has 110 valence electrons. The summed E-state index contributed by atoms with van der Waals surface area (Å²) in [5.41, 5.74) is 4.82. The van der Waals surface area contributed by atoms with E-state index in [1.54, 1.807) is 0 Å². The van der Waals surface area contributed by atoms with Gasteiger partial charge in [0.15, 0.2) is 0 Å². The van der Waals surface area contributed by atoms with Gasteiger partial charge in [-0.05, 0) is 48.1 Å². The first kappa shape index (κ1) is 13.3. The maximum Gasteiger partial charge on any atom is 0.123 e. The van der Waals surface area contributed by atoms with Crippen LogP contribution in [0.5, 0.6) is 0 Å². The first-order valence-corrected chi connectivity index (χ1v) is 7.68. The van der Waals surface area contributed by atoms with Gasteiger partial charge in [-0.25, -0.2) is 9.37 Å². The Hall–Kier alpha value is -2.42. The molecular formula is C19H17FN2. The van der Waals surface area contributed by atoms with E-state index in [-0.39, 0.29) is 5.82 Å². The van der Waals surface area contributed by atoms with Gasteiger partial charge in [-0.3, -0.25) is 0 Å². The van der Waals surface area contributed by atoms with Gasteiger partial charge in [0.1, 0.15) is 5.82 Å². The zero-order chi connectivity index (χ0) is 14.9. The highest BCUT2D eigenvalue weighted by atomic mass is 19.1. The molecule has 3 heteroatoms. The maximum atomic E-state index is 13.2. The fourth-order valence-corrected chi connectivity index (χ4v) is 3.41. The molecule has 0 fully saturated rings. The Kier molecular flexibility index (Phi) is 3.26. The first-order valence-electron chi connectivity index (χ1n) is 7.68. The Morgan fingerprint density at radius 3 is 2.73 bits per heavy atom. The van der Waals surface area contributed by atoms with Crippen LogP contribution in [0.25, 0.3) is 11.1 Å². The molecule has 1 atom stereocenters. The van der Waals surface area contributed by atoms with Gasteiger partial charge in [-0.1, -0.05) is 36.4 Å². The lowest BCUT2D eigenvalue weighted by molar-refractivity contribution is 0.458. The van der Waals surface area contributed by atoms with Gasteiger partial charge in [0.25, 0.3) is 0 Å². The fourth-order valence-electron chi connectivity index (χ4n) is 3.41. The predicted octanol–water partition coefficient (Wildman–Crippen LogP) is 4.61. The molecule has 1 aliphatic heterocycles. The van der Waals surface area contributed by atoms with Gasteiger partial charge < -0.3 is 4.57 Å². The number of benzene rings is 2. The van der Waals surface area contributed by atoms with Crippen LogP contribution in [0.2, 0.25) is 0 Å². The minimum atomic E-state index is -0.198. The largest absolute Gasteiger partial charge is 0.327 e. The van der Waals surface area contributed by atoms with Crippen molar-refractivity contribution in [3.63, 3.8) is 0 Å². The van der Waals surface area contributed by atoms with Crippen LogP contribution in [-0.2, 0) is 6.42 Å². The van der Waals surface area contributed by atoms with Gasteiger partial charge >= 0.3 is 0 Å². The SMILES string of the molecule is Fc1ccc(-c2ccccc2C2CCCc3cncn32)cc1. The third-order valence-electron chi connectivity index (χ3n) is 4.47. The van der Waals surface area contributed by atoms with Crippen LogP contribution in [0.1, 0.15) is 30.1 Å². The quantitative estimate of drug-likeness (QED) is 0.674. The number of imidazole rings is 1. The van der Waals surface area contributed by atoms with Gasteiger partial charge in [0.2, 0.25) is 0 Å². The summed E-state index contributed by atoms with van der Waals surface area (Å²) >= 11 is 0. The van der Waals surface area contributed by atoms with Crippen LogP contribution < -0.4 is 0 Å². The topological polar surface area (TPSA) is 17.8 Å². The van der Waals surface area contributed by atoms with Crippen molar-refractivity contribution < 1.29 is 4.39 Å². The monoisotopic (exact) mass is 292 g/mol. The minimum Gasteiger partial charge on any atom is -0.327 e. The maximum absolute atomic E-state index is 13.2. The highest BCUT2D eigenvalue weighted by Crippen LogP contribution is 2.36. The normalized spacial score (nSPS) is 17.2. The Labute approximate surface area is 129 Å². The smallest absolute Gasteiger partial charge is 0.123 e. The Bertz CT molecular complexity index is 789. The van der Waals surface area contributed by atoms with Crippen LogP contribution in [0, 0.1) is 5.82 Å². The molecule has 2 heterocycles. The van der Waals surface area contributed by atoms with Crippen molar-refractivity contribution in [3.8, 4) is 11.1 Å². The average Bonchev–Trinajstić information content (AvgIpc) is 3.04. The Morgan fingerprint density at radius 1 is 1.05 bits per heavy atom. The minimum absolute atomic E-state index is 0.198. The molecule has 0 amide bonds. The lowest BCUT2D eigenvalue weighted by Gasteiger charge is -2.27. The standard InChI is InChI=1S/C19H17FN2/c20-15-10-8-14(9-11-15)17-5-1-2-6-18(17)19-7-3-4-16-12-21-13-22(16)19/h1-2,5-6,8-13,19H,3-4,7H2. The van der Waals surface area contributed by atoms with Gasteiger partial charge in [-0.2, -0.15) is 0 Å². The van der Waals surface area contributed by atoms with E-state index >= 15 is 0 Å². The lowest BCUT2D eigenvalue weighted by atomic mass is 9.90. The van der Waals surface area contributed by atoms with E-state index in [0.29, 0.717) is 6.04 Å². The summed E-state index contributed by atoms with van der Waals surface area (Å²) in [5, 5.41) is 0. The summed E-state index contributed by atoms with van der Waals surface area (Å²) in [6.45, 7) is 0. The fraction of sp³-hybridized carbons (Fsp3) is 0.211. The second-order valence-electron chi connectivity index (χ2n) is 5.79. The van der Waals surface area contributed by atoms with Crippen molar-refractivity contribution in [1.82, 2.24) is 9.55 Å². The molecule has 0 saturated heterocycles. The summed E-state index contributed by atoms with van der Waals surface area (Å²) in [6.07, 6.45) is 7.28. The molecule has 0 radical (unpaired) electrons. The zero-order valence-corrected chi connectivity index (χ0v) is 12.2. The Balaban J connectivity index is 1.83. The zero-order valence-electron chi connectivity index (χ0n) is 12.2. The van der Waals surface area contributed by atoms with E-state index in [2.05, 4.69) is 27.8 Å². The molecule has 0 N–H and O–H groups in total. The molecule has 22 heavy (non-hydrogen) atoms. The van der Waals surface area contributed by atoms with E-state index in [1.807, 2.05) is 30.7 Å². The van der Waals surface area contributed by atoms with Gasteiger partial charge in [0.05, 0.1) is 12.4 Å². The molecule has 0 spiro atoms. The average molecular weight is 292 g/mol. The lowest BCUT2D eigenvalue weighted by Crippen LogP contribution is -2.18. The highest BCUT2D eigenvalue weighted by molar-refractivity contribution is 5.68.